The van der Waals surface area contributed by atoms with Crippen molar-refractivity contribution in [3.05, 3.63) is 90.0 Å². The molecule has 0 unspecified atom stereocenters. The number of thiophene rings is 1. The minimum Gasteiger partial charge on any atom is -0.492 e. The summed E-state index contributed by atoms with van der Waals surface area (Å²) in [5.74, 6) is 0.900. The van der Waals surface area contributed by atoms with E-state index in [4.69, 9.17) is 4.74 Å². The van der Waals surface area contributed by atoms with Crippen molar-refractivity contribution in [1.29, 1.82) is 0 Å². The van der Waals surface area contributed by atoms with Gasteiger partial charge in [-0.15, -0.1) is 11.3 Å². The molecule has 0 aliphatic heterocycles. The van der Waals surface area contributed by atoms with E-state index in [0.29, 0.717) is 12.2 Å². The van der Waals surface area contributed by atoms with Gasteiger partial charge in [-0.3, -0.25) is 4.79 Å². The molecule has 0 radical (unpaired) electrons. The van der Waals surface area contributed by atoms with Crippen molar-refractivity contribution >= 4 is 27.2 Å². The molecule has 0 fully saturated rings. The Morgan fingerprint density at radius 3 is 2.31 bits per heavy atom. The Bertz CT molecular complexity index is 1110. The van der Waals surface area contributed by atoms with Crippen LogP contribution in [-0.4, -0.2) is 37.9 Å². The van der Waals surface area contributed by atoms with E-state index >= 15 is 0 Å². The molecule has 0 amide bonds. The number of benzene rings is 3. The molecular formula is C25H23NO2S. The van der Waals surface area contributed by atoms with Gasteiger partial charge in [0, 0.05) is 32.6 Å². The van der Waals surface area contributed by atoms with E-state index in [0.717, 1.165) is 38.4 Å². The maximum absolute atomic E-state index is 13.4. The first kappa shape index (κ1) is 19.4. The third-order valence-corrected chi connectivity index (χ3v) is 6.00. The fourth-order valence-corrected chi connectivity index (χ4v) is 4.46. The summed E-state index contributed by atoms with van der Waals surface area (Å²) in [5, 5.41) is 1.01. The van der Waals surface area contributed by atoms with Crippen LogP contribution in [0.15, 0.2) is 78.9 Å². The minimum absolute atomic E-state index is 0.0596. The number of likely N-dealkylation sites (N-methyl/N-ethyl adjacent to an activating group) is 1. The molecular weight excluding hydrogens is 378 g/mol. The van der Waals surface area contributed by atoms with Gasteiger partial charge in [-0.05, 0) is 50.0 Å². The average Bonchev–Trinajstić information content (AvgIpc) is 3.13. The van der Waals surface area contributed by atoms with Crippen LogP contribution in [0.4, 0.5) is 0 Å². The van der Waals surface area contributed by atoms with Gasteiger partial charge in [-0.2, -0.15) is 0 Å². The van der Waals surface area contributed by atoms with Crippen molar-refractivity contribution in [2.75, 3.05) is 27.2 Å². The molecule has 0 atom stereocenters. The molecule has 0 aliphatic carbocycles. The highest BCUT2D eigenvalue weighted by Gasteiger charge is 2.21. The smallest absolute Gasteiger partial charge is 0.195 e. The van der Waals surface area contributed by atoms with Crippen molar-refractivity contribution < 1.29 is 9.53 Å². The van der Waals surface area contributed by atoms with Gasteiger partial charge < -0.3 is 9.64 Å². The van der Waals surface area contributed by atoms with Crippen LogP contribution in [0.3, 0.4) is 0 Å². The number of carbonyl (C=O) groups excluding carboxylic acids is 1. The highest BCUT2D eigenvalue weighted by atomic mass is 32.1. The molecule has 4 aromatic rings. The summed E-state index contributed by atoms with van der Waals surface area (Å²) in [5.41, 5.74) is 2.52. The zero-order valence-electron chi connectivity index (χ0n) is 16.6. The molecule has 0 saturated carbocycles. The predicted molar refractivity (Wildman–Crippen MR) is 121 cm³/mol. The van der Waals surface area contributed by atoms with Crippen LogP contribution in [0.2, 0.25) is 0 Å². The fraction of sp³-hybridized carbons (Fsp3) is 0.160. The molecule has 3 aromatic carbocycles. The number of rotatable bonds is 7. The highest BCUT2D eigenvalue weighted by Crippen LogP contribution is 2.40. The monoisotopic (exact) mass is 401 g/mol. The number of hydrogen-bond donors (Lipinski definition) is 0. The summed E-state index contributed by atoms with van der Waals surface area (Å²) >= 11 is 1.66. The Morgan fingerprint density at radius 2 is 1.59 bits per heavy atom. The van der Waals surface area contributed by atoms with Gasteiger partial charge in [0.25, 0.3) is 0 Å². The summed E-state index contributed by atoms with van der Waals surface area (Å²) in [4.78, 5) is 16.5. The lowest BCUT2D eigenvalue weighted by molar-refractivity contribution is 0.104. The van der Waals surface area contributed by atoms with E-state index in [-0.39, 0.29) is 5.78 Å². The number of carbonyl (C=O) groups is 1. The van der Waals surface area contributed by atoms with Gasteiger partial charge in [0.2, 0.25) is 0 Å². The molecule has 146 valence electrons. The third kappa shape index (κ3) is 4.24. The van der Waals surface area contributed by atoms with Crippen molar-refractivity contribution in [3.8, 4) is 16.2 Å². The Balaban J connectivity index is 1.71. The maximum Gasteiger partial charge on any atom is 0.195 e. The van der Waals surface area contributed by atoms with Gasteiger partial charge in [-0.25, -0.2) is 0 Å². The third-order valence-electron chi connectivity index (χ3n) is 4.78. The SMILES string of the molecule is CN(C)CCOc1ccc(-c2sc3ccccc3c2C(=O)c2ccccc2)cc1. The first-order valence-corrected chi connectivity index (χ1v) is 10.4. The van der Waals surface area contributed by atoms with Crippen LogP contribution in [-0.2, 0) is 0 Å². The molecule has 0 N–H and O–H groups in total. The van der Waals surface area contributed by atoms with Crippen LogP contribution < -0.4 is 4.74 Å². The predicted octanol–water partition coefficient (Wildman–Crippen LogP) is 5.74. The van der Waals surface area contributed by atoms with Gasteiger partial charge in [0.1, 0.15) is 12.4 Å². The van der Waals surface area contributed by atoms with E-state index in [9.17, 15) is 4.79 Å². The minimum atomic E-state index is 0.0596. The van der Waals surface area contributed by atoms with E-state index in [1.54, 1.807) is 11.3 Å². The molecule has 0 aliphatic rings. The lowest BCUT2D eigenvalue weighted by Gasteiger charge is -2.11. The summed E-state index contributed by atoms with van der Waals surface area (Å²) < 4.78 is 6.93. The molecule has 4 heteroatoms. The Labute approximate surface area is 175 Å². The molecule has 0 bridgehead atoms. The molecule has 1 aromatic heterocycles. The largest absolute Gasteiger partial charge is 0.492 e. The zero-order chi connectivity index (χ0) is 20.2. The van der Waals surface area contributed by atoms with Gasteiger partial charge in [-0.1, -0.05) is 48.5 Å². The molecule has 29 heavy (non-hydrogen) atoms. The lowest BCUT2D eigenvalue weighted by Crippen LogP contribution is -2.19. The van der Waals surface area contributed by atoms with Crippen LogP contribution >= 0.6 is 11.3 Å². The average molecular weight is 402 g/mol. The molecule has 3 nitrogen and oxygen atoms in total. The fourth-order valence-electron chi connectivity index (χ4n) is 3.26. The Morgan fingerprint density at radius 1 is 0.897 bits per heavy atom. The van der Waals surface area contributed by atoms with E-state index < -0.39 is 0 Å². The van der Waals surface area contributed by atoms with Crippen LogP contribution in [0, 0.1) is 0 Å². The van der Waals surface area contributed by atoms with Crippen molar-refractivity contribution in [1.82, 2.24) is 4.90 Å². The lowest BCUT2D eigenvalue weighted by atomic mass is 9.98. The quantitative estimate of drug-likeness (QED) is 0.370. The number of fused-ring (bicyclic) bond motifs is 1. The van der Waals surface area contributed by atoms with Crippen molar-refractivity contribution in [3.63, 3.8) is 0 Å². The first-order valence-electron chi connectivity index (χ1n) is 9.63. The van der Waals surface area contributed by atoms with E-state index in [1.807, 2.05) is 86.9 Å². The topological polar surface area (TPSA) is 29.5 Å². The number of ketones is 1. The molecule has 0 spiro atoms. The Hall–Kier alpha value is -2.95. The molecule has 0 saturated heterocycles. The second-order valence-corrected chi connectivity index (χ2v) is 8.23. The van der Waals surface area contributed by atoms with Crippen LogP contribution in [0.1, 0.15) is 15.9 Å². The van der Waals surface area contributed by atoms with Gasteiger partial charge in [0.15, 0.2) is 5.78 Å². The first-order chi connectivity index (χ1) is 14.1. The zero-order valence-corrected chi connectivity index (χ0v) is 17.4. The van der Waals surface area contributed by atoms with Crippen molar-refractivity contribution in [2.45, 2.75) is 0 Å². The van der Waals surface area contributed by atoms with Crippen molar-refractivity contribution in [2.24, 2.45) is 0 Å². The Kier molecular flexibility index (Phi) is 5.74. The number of ether oxygens (including phenoxy) is 1. The highest BCUT2D eigenvalue weighted by molar-refractivity contribution is 7.22. The van der Waals surface area contributed by atoms with Crippen LogP contribution in [0.25, 0.3) is 20.5 Å². The number of hydrogen-bond acceptors (Lipinski definition) is 4. The number of nitrogens with zero attached hydrogens (tertiary/aromatic N) is 1. The summed E-state index contributed by atoms with van der Waals surface area (Å²) in [6.45, 7) is 1.51. The van der Waals surface area contributed by atoms with E-state index in [2.05, 4.69) is 11.0 Å². The molecule has 1 heterocycles. The maximum atomic E-state index is 13.4. The standard InChI is InChI=1S/C25H23NO2S/c1-26(2)16-17-28-20-14-12-19(13-15-20)25-23(21-10-6-7-11-22(21)29-25)24(27)18-8-4-3-5-9-18/h3-15H,16-17H2,1-2H3. The van der Waals surface area contributed by atoms with Gasteiger partial charge in [0.05, 0.1) is 0 Å². The van der Waals surface area contributed by atoms with Gasteiger partial charge >= 0.3 is 0 Å². The summed E-state index contributed by atoms with van der Waals surface area (Å²) in [6.07, 6.45) is 0. The van der Waals surface area contributed by atoms with E-state index in [1.165, 1.54) is 0 Å². The normalized spacial score (nSPS) is 11.1. The summed E-state index contributed by atoms with van der Waals surface area (Å²) in [6, 6.07) is 25.6. The molecule has 4 rings (SSSR count). The van der Waals surface area contributed by atoms with Crippen LogP contribution in [0.5, 0.6) is 5.75 Å². The second-order valence-electron chi connectivity index (χ2n) is 7.17. The summed E-state index contributed by atoms with van der Waals surface area (Å²) in [7, 11) is 4.05. The second kappa shape index (κ2) is 8.60.